The molecule has 2 heterocycles. The van der Waals surface area contributed by atoms with E-state index in [1.165, 1.54) is 0 Å². The van der Waals surface area contributed by atoms with E-state index in [0.717, 1.165) is 12.4 Å². The van der Waals surface area contributed by atoms with Gasteiger partial charge >= 0.3 is 0 Å². The van der Waals surface area contributed by atoms with Crippen LogP contribution in [0.3, 0.4) is 0 Å². The second kappa shape index (κ2) is 7.59. The van der Waals surface area contributed by atoms with Crippen molar-refractivity contribution in [3.8, 4) is 0 Å². The first kappa shape index (κ1) is 17.5. The standard InChI is InChI=1S/C16H27N5O2/c1-5-20(11-14-17-6-8-19(14)4)15(22)10-13-16(23)18-7-9-21(13)12(2)3/h6,8,12-13H,5,7,9-11H2,1-4H3,(H,18,23). The molecule has 1 aromatic rings. The van der Waals surface area contributed by atoms with Gasteiger partial charge in [0, 0.05) is 45.1 Å². The molecule has 0 saturated carbocycles. The van der Waals surface area contributed by atoms with E-state index in [-0.39, 0.29) is 30.3 Å². The van der Waals surface area contributed by atoms with E-state index < -0.39 is 0 Å². The Hall–Kier alpha value is -1.89. The number of imidazole rings is 1. The van der Waals surface area contributed by atoms with Crippen LogP contribution in [0.25, 0.3) is 0 Å². The molecule has 1 aliphatic heterocycles. The maximum atomic E-state index is 12.7. The van der Waals surface area contributed by atoms with E-state index in [1.54, 1.807) is 11.1 Å². The summed E-state index contributed by atoms with van der Waals surface area (Å²) < 4.78 is 1.91. The zero-order chi connectivity index (χ0) is 17.0. The number of carbonyl (C=O) groups is 2. The van der Waals surface area contributed by atoms with Crippen LogP contribution in [0.15, 0.2) is 12.4 Å². The number of aromatic nitrogens is 2. The van der Waals surface area contributed by atoms with Gasteiger partial charge in [-0.2, -0.15) is 0 Å². The Morgan fingerprint density at radius 1 is 1.52 bits per heavy atom. The van der Waals surface area contributed by atoms with E-state index in [4.69, 9.17) is 0 Å². The number of aryl methyl sites for hydroxylation is 1. The summed E-state index contributed by atoms with van der Waals surface area (Å²) in [5, 5.41) is 2.87. The molecule has 1 N–H and O–H groups in total. The summed E-state index contributed by atoms with van der Waals surface area (Å²) >= 11 is 0. The fourth-order valence-electron chi connectivity index (χ4n) is 2.95. The highest BCUT2D eigenvalue weighted by molar-refractivity contribution is 5.88. The molecule has 1 unspecified atom stereocenters. The predicted octanol–water partition coefficient (Wildman–Crippen LogP) is 0.368. The molecule has 0 spiro atoms. The Morgan fingerprint density at radius 2 is 2.26 bits per heavy atom. The summed E-state index contributed by atoms with van der Waals surface area (Å²) in [4.78, 5) is 33.0. The number of nitrogens with zero attached hydrogens (tertiary/aromatic N) is 4. The molecule has 1 saturated heterocycles. The van der Waals surface area contributed by atoms with Crippen LogP contribution in [-0.4, -0.2) is 62.9 Å². The van der Waals surface area contributed by atoms with Crippen molar-refractivity contribution in [2.75, 3.05) is 19.6 Å². The van der Waals surface area contributed by atoms with Crippen molar-refractivity contribution in [1.82, 2.24) is 24.7 Å². The Kier molecular flexibility index (Phi) is 5.76. The van der Waals surface area contributed by atoms with Crippen molar-refractivity contribution >= 4 is 11.8 Å². The summed E-state index contributed by atoms with van der Waals surface area (Å²) in [5.74, 6) is 0.781. The Bertz CT molecular complexity index is 554. The first-order valence-electron chi connectivity index (χ1n) is 8.21. The molecule has 0 aliphatic carbocycles. The molecule has 1 aromatic heterocycles. The zero-order valence-corrected chi connectivity index (χ0v) is 14.5. The maximum absolute atomic E-state index is 12.7. The molecule has 2 rings (SSSR count). The van der Waals surface area contributed by atoms with Crippen LogP contribution in [0.4, 0.5) is 0 Å². The average Bonchev–Trinajstić information content (AvgIpc) is 2.91. The topological polar surface area (TPSA) is 70.5 Å². The van der Waals surface area contributed by atoms with Crippen LogP contribution in [0.5, 0.6) is 0 Å². The van der Waals surface area contributed by atoms with E-state index in [9.17, 15) is 9.59 Å². The minimum atomic E-state index is -0.383. The van der Waals surface area contributed by atoms with Crippen LogP contribution < -0.4 is 5.32 Å². The second-order valence-electron chi connectivity index (χ2n) is 6.20. The van der Waals surface area contributed by atoms with Gasteiger partial charge in [-0.3, -0.25) is 14.5 Å². The minimum Gasteiger partial charge on any atom is -0.353 e. The average molecular weight is 321 g/mol. The van der Waals surface area contributed by atoms with E-state index in [0.29, 0.717) is 19.6 Å². The predicted molar refractivity (Wildman–Crippen MR) is 87.6 cm³/mol. The lowest BCUT2D eigenvalue weighted by molar-refractivity contribution is -0.139. The van der Waals surface area contributed by atoms with E-state index in [2.05, 4.69) is 29.0 Å². The molecule has 2 amide bonds. The van der Waals surface area contributed by atoms with Crippen LogP contribution in [0, 0.1) is 0 Å². The van der Waals surface area contributed by atoms with Crippen LogP contribution in [0.1, 0.15) is 33.0 Å². The highest BCUT2D eigenvalue weighted by Crippen LogP contribution is 2.15. The minimum absolute atomic E-state index is 0.0109. The molecule has 23 heavy (non-hydrogen) atoms. The van der Waals surface area contributed by atoms with Crippen molar-refractivity contribution in [3.05, 3.63) is 18.2 Å². The smallest absolute Gasteiger partial charge is 0.237 e. The Balaban J connectivity index is 2.05. The number of carbonyl (C=O) groups excluding carboxylic acids is 2. The normalized spacial score (nSPS) is 19.0. The molecule has 7 nitrogen and oxygen atoms in total. The lowest BCUT2D eigenvalue weighted by Crippen LogP contribution is -2.58. The molecule has 0 aromatic carbocycles. The third kappa shape index (κ3) is 4.10. The summed E-state index contributed by atoms with van der Waals surface area (Å²) in [5.41, 5.74) is 0. The van der Waals surface area contributed by atoms with Crippen molar-refractivity contribution in [2.45, 2.75) is 45.8 Å². The van der Waals surface area contributed by atoms with Gasteiger partial charge in [-0.05, 0) is 20.8 Å². The number of amides is 2. The quantitative estimate of drug-likeness (QED) is 0.822. The summed E-state index contributed by atoms with van der Waals surface area (Å²) in [6.45, 7) is 8.56. The molecule has 1 atom stereocenters. The van der Waals surface area contributed by atoms with Crippen molar-refractivity contribution in [2.24, 2.45) is 7.05 Å². The van der Waals surface area contributed by atoms with Crippen molar-refractivity contribution < 1.29 is 9.59 Å². The number of piperazine rings is 1. The first-order chi connectivity index (χ1) is 10.9. The van der Waals surface area contributed by atoms with E-state index >= 15 is 0 Å². The van der Waals surface area contributed by atoms with Gasteiger partial charge in [-0.15, -0.1) is 0 Å². The highest BCUT2D eigenvalue weighted by Gasteiger charge is 2.34. The fraction of sp³-hybridized carbons (Fsp3) is 0.688. The van der Waals surface area contributed by atoms with Gasteiger partial charge in [0.2, 0.25) is 11.8 Å². The number of nitrogens with one attached hydrogen (secondary N) is 1. The first-order valence-corrected chi connectivity index (χ1v) is 8.21. The molecular weight excluding hydrogens is 294 g/mol. The van der Waals surface area contributed by atoms with Gasteiger partial charge in [0.25, 0.3) is 0 Å². The monoisotopic (exact) mass is 321 g/mol. The number of rotatable bonds is 6. The second-order valence-corrected chi connectivity index (χ2v) is 6.20. The third-order valence-corrected chi connectivity index (χ3v) is 4.39. The molecule has 1 aliphatic rings. The maximum Gasteiger partial charge on any atom is 0.237 e. The van der Waals surface area contributed by atoms with Crippen LogP contribution in [0.2, 0.25) is 0 Å². The summed E-state index contributed by atoms with van der Waals surface area (Å²) in [7, 11) is 1.91. The molecule has 7 heteroatoms. The molecular formula is C16H27N5O2. The zero-order valence-electron chi connectivity index (χ0n) is 14.5. The fourth-order valence-corrected chi connectivity index (χ4v) is 2.95. The number of hydrogen-bond donors (Lipinski definition) is 1. The Labute approximate surface area is 137 Å². The van der Waals surface area contributed by atoms with E-state index in [1.807, 2.05) is 24.7 Å². The van der Waals surface area contributed by atoms with Gasteiger partial charge in [0.15, 0.2) is 0 Å². The molecule has 0 bridgehead atoms. The number of hydrogen-bond acceptors (Lipinski definition) is 4. The van der Waals surface area contributed by atoms with Crippen LogP contribution in [-0.2, 0) is 23.2 Å². The lowest BCUT2D eigenvalue weighted by atomic mass is 10.1. The van der Waals surface area contributed by atoms with Crippen molar-refractivity contribution in [3.63, 3.8) is 0 Å². The van der Waals surface area contributed by atoms with Gasteiger partial charge in [-0.25, -0.2) is 4.98 Å². The van der Waals surface area contributed by atoms with Crippen LogP contribution >= 0.6 is 0 Å². The highest BCUT2D eigenvalue weighted by atomic mass is 16.2. The third-order valence-electron chi connectivity index (χ3n) is 4.39. The summed E-state index contributed by atoms with van der Waals surface area (Å²) in [6.07, 6.45) is 3.80. The lowest BCUT2D eigenvalue weighted by Gasteiger charge is -2.38. The molecule has 1 fully saturated rings. The van der Waals surface area contributed by atoms with Gasteiger partial charge in [0.05, 0.1) is 19.0 Å². The molecule has 128 valence electrons. The van der Waals surface area contributed by atoms with Gasteiger partial charge in [-0.1, -0.05) is 0 Å². The summed E-state index contributed by atoms with van der Waals surface area (Å²) in [6, 6.07) is -0.143. The molecule has 0 radical (unpaired) electrons. The largest absolute Gasteiger partial charge is 0.353 e. The SMILES string of the molecule is CCN(Cc1nccn1C)C(=O)CC1C(=O)NCCN1C(C)C. The van der Waals surface area contributed by atoms with Gasteiger partial charge < -0.3 is 14.8 Å². The van der Waals surface area contributed by atoms with Crippen molar-refractivity contribution in [1.29, 1.82) is 0 Å². The Morgan fingerprint density at radius 3 is 2.83 bits per heavy atom. The van der Waals surface area contributed by atoms with Gasteiger partial charge in [0.1, 0.15) is 5.82 Å².